The highest BCUT2D eigenvalue weighted by Gasteiger charge is 2.21. The predicted molar refractivity (Wildman–Crippen MR) is 46.1 cm³/mol. The highest BCUT2D eigenvalue weighted by Crippen LogP contribution is 2.41. The lowest BCUT2D eigenvalue weighted by Gasteiger charge is -2.06. The molecule has 0 bridgehead atoms. The standard InChI is InChI=1S/C8H8O6S/c1-13-3-4(14-2)6(8(11)12)15-5(3)7(9)10/h1-2H3,(H,9,10)(H,11,12)/p-2. The fraction of sp³-hybridized carbons (Fsp3) is 0.250. The maximum atomic E-state index is 10.6. The Labute approximate surface area is 88.7 Å². The van der Waals surface area contributed by atoms with Crippen LogP contribution in [-0.2, 0) is 0 Å². The number of rotatable bonds is 4. The molecule has 0 spiro atoms. The van der Waals surface area contributed by atoms with Crippen LogP contribution >= 0.6 is 11.3 Å². The van der Waals surface area contributed by atoms with Gasteiger partial charge in [0.25, 0.3) is 0 Å². The largest absolute Gasteiger partial charge is 0.544 e. The summed E-state index contributed by atoms with van der Waals surface area (Å²) in [5.41, 5.74) is 0. The van der Waals surface area contributed by atoms with Crippen molar-refractivity contribution in [2.24, 2.45) is 0 Å². The predicted octanol–water partition coefficient (Wildman–Crippen LogP) is -1.51. The molecule has 82 valence electrons. The van der Waals surface area contributed by atoms with Gasteiger partial charge in [-0.15, -0.1) is 11.3 Å². The zero-order valence-electron chi connectivity index (χ0n) is 7.86. The second kappa shape index (κ2) is 4.18. The van der Waals surface area contributed by atoms with E-state index >= 15 is 0 Å². The van der Waals surface area contributed by atoms with Crippen LogP contribution in [0.25, 0.3) is 0 Å². The Kier molecular flexibility index (Phi) is 3.15. The molecule has 0 N–H and O–H groups in total. The van der Waals surface area contributed by atoms with E-state index in [2.05, 4.69) is 0 Å². The van der Waals surface area contributed by atoms with Gasteiger partial charge in [0, 0.05) is 0 Å². The number of thiophene rings is 1. The molecule has 1 aromatic rings. The topological polar surface area (TPSA) is 98.7 Å². The first kappa shape index (κ1) is 11.3. The van der Waals surface area contributed by atoms with Gasteiger partial charge in [0.05, 0.1) is 35.9 Å². The van der Waals surface area contributed by atoms with Gasteiger partial charge in [0.15, 0.2) is 11.5 Å². The zero-order valence-corrected chi connectivity index (χ0v) is 8.67. The lowest BCUT2D eigenvalue weighted by molar-refractivity contribution is -0.255. The number of ether oxygens (including phenoxy) is 2. The number of hydrogen-bond acceptors (Lipinski definition) is 7. The maximum absolute atomic E-state index is 10.6. The van der Waals surface area contributed by atoms with Crippen LogP contribution in [0.5, 0.6) is 11.5 Å². The molecule has 0 amide bonds. The van der Waals surface area contributed by atoms with Crippen molar-refractivity contribution in [3.63, 3.8) is 0 Å². The zero-order chi connectivity index (χ0) is 11.6. The molecule has 0 aliphatic heterocycles. The second-order valence-electron chi connectivity index (χ2n) is 2.40. The second-order valence-corrected chi connectivity index (χ2v) is 3.42. The van der Waals surface area contributed by atoms with E-state index in [1.165, 1.54) is 14.2 Å². The summed E-state index contributed by atoms with van der Waals surface area (Å²) in [6.45, 7) is 0. The average Bonchev–Trinajstić information content (AvgIpc) is 2.55. The smallest absolute Gasteiger partial charge is 0.181 e. The Bertz CT molecular complexity index is 371. The average molecular weight is 230 g/mol. The van der Waals surface area contributed by atoms with Crippen LogP contribution in [0.15, 0.2) is 0 Å². The molecule has 0 radical (unpaired) electrons. The van der Waals surface area contributed by atoms with E-state index in [9.17, 15) is 19.8 Å². The monoisotopic (exact) mass is 230 g/mol. The third-order valence-electron chi connectivity index (χ3n) is 1.60. The highest BCUT2D eigenvalue weighted by atomic mass is 32.1. The number of methoxy groups -OCH3 is 2. The minimum Gasteiger partial charge on any atom is -0.544 e. The van der Waals surface area contributed by atoms with Crippen molar-refractivity contribution in [3.8, 4) is 11.5 Å². The molecule has 0 aromatic carbocycles. The molecule has 1 heterocycles. The van der Waals surface area contributed by atoms with Gasteiger partial charge in [-0.2, -0.15) is 0 Å². The quantitative estimate of drug-likeness (QED) is 0.623. The molecule has 0 saturated heterocycles. The lowest BCUT2D eigenvalue weighted by Crippen LogP contribution is -2.22. The Morgan fingerprint density at radius 2 is 1.33 bits per heavy atom. The van der Waals surface area contributed by atoms with Crippen LogP contribution in [0.4, 0.5) is 0 Å². The summed E-state index contributed by atoms with van der Waals surface area (Å²) in [6, 6.07) is 0. The fourth-order valence-corrected chi connectivity index (χ4v) is 1.95. The first-order chi connectivity index (χ1) is 7.02. The van der Waals surface area contributed by atoms with Crippen molar-refractivity contribution in [2.45, 2.75) is 0 Å². The van der Waals surface area contributed by atoms with Crippen LogP contribution in [0.2, 0.25) is 0 Å². The summed E-state index contributed by atoms with van der Waals surface area (Å²) < 4.78 is 9.47. The number of carboxylic acids is 2. The van der Waals surface area contributed by atoms with E-state index in [0.29, 0.717) is 11.3 Å². The molecule has 0 saturated carbocycles. The molecular weight excluding hydrogens is 224 g/mol. The van der Waals surface area contributed by atoms with Crippen LogP contribution in [0, 0.1) is 0 Å². The lowest BCUT2D eigenvalue weighted by atomic mass is 10.3. The summed E-state index contributed by atoms with van der Waals surface area (Å²) in [4.78, 5) is 20.6. The van der Waals surface area contributed by atoms with Crippen LogP contribution in [0.1, 0.15) is 19.3 Å². The SMILES string of the molecule is COc1c(C(=O)[O-])sc(C(=O)[O-])c1OC. The van der Waals surface area contributed by atoms with Gasteiger partial charge in [0.1, 0.15) is 0 Å². The number of carbonyl (C=O) groups is 2. The van der Waals surface area contributed by atoms with Crippen molar-refractivity contribution in [3.05, 3.63) is 9.75 Å². The third-order valence-corrected chi connectivity index (χ3v) is 2.71. The molecule has 6 nitrogen and oxygen atoms in total. The van der Waals surface area contributed by atoms with Crippen molar-refractivity contribution in [1.82, 2.24) is 0 Å². The Morgan fingerprint density at radius 3 is 1.53 bits per heavy atom. The molecule has 0 fully saturated rings. The minimum absolute atomic E-state index is 0.165. The van der Waals surface area contributed by atoms with Crippen molar-refractivity contribution < 1.29 is 29.3 Å². The molecule has 1 rings (SSSR count). The molecule has 0 atom stereocenters. The summed E-state index contributed by atoms with van der Waals surface area (Å²) in [6.07, 6.45) is 0. The van der Waals surface area contributed by atoms with Crippen LogP contribution < -0.4 is 19.7 Å². The van der Waals surface area contributed by atoms with Crippen molar-refractivity contribution in [1.29, 1.82) is 0 Å². The third kappa shape index (κ3) is 1.86. The summed E-state index contributed by atoms with van der Waals surface area (Å²) >= 11 is 0.477. The minimum atomic E-state index is -1.53. The Hall–Kier alpha value is -1.76. The first-order valence-electron chi connectivity index (χ1n) is 3.70. The first-order valence-corrected chi connectivity index (χ1v) is 4.52. The Balaban J connectivity index is 3.44. The molecule has 0 aliphatic carbocycles. The van der Waals surface area contributed by atoms with E-state index in [1.807, 2.05) is 0 Å². The van der Waals surface area contributed by atoms with E-state index in [-0.39, 0.29) is 21.3 Å². The Morgan fingerprint density at radius 1 is 1.00 bits per heavy atom. The van der Waals surface area contributed by atoms with E-state index in [0.717, 1.165) is 0 Å². The number of hydrogen-bond donors (Lipinski definition) is 0. The van der Waals surface area contributed by atoms with Crippen molar-refractivity contribution in [2.75, 3.05) is 14.2 Å². The van der Waals surface area contributed by atoms with Crippen molar-refractivity contribution >= 4 is 23.3 Å². The normalized spacial score (nSPS) is 9.73. The van der Waals surface area contributed by atoms with Crippen LogP contribution in [-0.4, -0.2) is 26.2 Å². The van der Waals surface area contributed by atoms with Crippen LogP contribution in [0.3, 0.4) is 0 Å². The van der Waals surface area contributed by atoms with Gasteiger partial charge >= 0.3 is 0 Å². The van der Waals surface area contributed by atoms with Gasteiger partial charge in [0.2, 0.25) is 0 Å². The van der Waals surface area contributed by atoms with Gasteiger partial charge in [-0.3, -0.25) is 0 Å². The van der Waals surface area contributed by atoms with Gasteiger partial charge in [-0.25, -0.2) is 0 Å². The fourth-order valence-electron chi connectivity index (χ4n) is 1.04. The molecule has 1 aromatic heterocycles. The summed E-state index contributed by atoms with van der Waals surface area (Å²) in [5.74, 6) is -3.38. The van der Waals surface area contributed by atoms with E-state index in [4.69, 9.17) is 9.47 Å². The van der Waals surface area contributed by atoms with Gasteiger partial charge in [-0.05, 0) is 0 Å². The summed E-state index contributed by atoms with van der Waals surface area (Å²) in [5, 5.41) is 21.3. The molecular formula is C8H6O6S-2. The number of carbonyl (C=O) groups excluding carboxylic acids is 2. The molecule has 7 heteroatoms. The van der Waals surface area contributed by atoms with E-state index < -0.39 is 11.9 Å². The molecule has 0 unspecified atom stereocenters. The number of aromatic carboxylic acids is 2. The van der Waals surface area contributed by atoms with Gasteiger partial charge < -0.3 is 29.3 Å². The highest BCUT2D eigenvalue weighted by molar-refractivity contribution is 7.16. The van der Waals surface area contributed by atoms with Gasteiger partial charge in [-0.1, -0.05) is 0 Å². The molecule has 0 aliphatic rings. The number of carboxylic acid groups (broad SMARTS) is 2. The van der Waals surface area contributed by atoms with E-state index in [1.54, 1.807) is 0 Å². The molecule has 15 heavy (non-hydrogen) atoms. The maximum Gasteiger partial charge on any atom is 0.181 e. The summed E-state index contributed by atoms with van der Waals surface area (Å²) in [7, 11) is 2.41.